The Labute approximate surface area is 249 Å². The Morgan fingerprint density at radius 2 is 1.57 bits per heavy atom. The number of furan rings is 1. The van der Waals surface area contributed by atoms with Crippen LogP contribution < -0.4 is 4.90 Å². The third kappa shape index (κ3) is 3.94. The van der Waals surface area contributed by atoms with Crippen LogP contribution in [-0.2, 0) is 5.41 Å². The first kappa shape index (κ1) is 25.8. The van der Waals surface area contributed by atoms with E-state index in [2.05, 4.69) is 116 Å². The highest BCUT2D eigenvalue weighted by molar-refractivity contribution is 7.25. The molecule has 42 heavy (non-hydrogen) atoms. The van der Waals surface area contributed by atoms with Crippen molar-refractivity contribution < 1.29 is 4.42 Å². The minimum atomic E-state index is -0.0935. The number of aryl methyl sites for hydroxylation is 2. The molecule has 0 spiro atoms. The zero-order valence-corrected chi connectivity index (χ0v) is 24.6. The largest absolute Gasteiger partial charge is 0.456 e. The van der Waals surface area contributed by atoms with E-state index in [4.69, 9.17) is 16.3 Å². The topological polar surface area (TPSA) is 44.5 Å². The number of hydrogen-bond acceptors (Lipinski definition) is 4. The molecule has 4 aromatic carbocycles. The van der Waals surface area contributed by atoms with Crippen LogP contribution in [0.4, 0.5) is 17.1 Å². The van der Waals surface area contributed by atoms with Crippen molar-refractivity contribution in [3.63, 3.8) is 0 Å². The second kappa shape index (κ2) is 9.48. The number of hydrogen-bond donors (Lipinski definition) is 0. The predicted octanol–water partition coefficient (Wildman–Crippen LogP) is 10.8. The minimum Gasteiger partial charge on any atom is -0.456 e. The second-order valence-electron chi connectivity index (χ2n) is 11.4. The highest BCUT2D eigenvalue weighted by Gasteiger charge is 2.35. The molecule has 0 saturated heterocycles. The van der Waals surface area contributed by atoms with Gasteiger partial charge in [-0.2, -0.15) is 0 Å². The van der Waals surface area contributed by atoms with Crippen molar-refractivity contribution in [1.82, 2.24) is 0 Å². The van der Waals surface area contributed by atoms with Crippen LogP contribution in [0, 0.1) is 31.8 Å². The van der Waals surface area contributed by atoms with Crippen molar-refractivity contribution in [2.45, 2.75) is 33.1 Å². The molecule has 2 aromatic heterocycles. The summed E-state index contributed by atoms with van der Waals surface area (Å²) in [6.07, 6.45) is 1.50. The zero-order chi connectivity index (χ0) is 29.2. The first-order valence-electron chi connectivity index (χ1n) is 13.9. The molecule has 0 amide bonds. The number of anilines is 3. The molecule has 202 valence electrons. The van der Waals surface area contributed by atoms with Crippen LogP contribution in [0.25, 0.3) is 42.4 Å². The number of benzene rings is 4. The van der Waals surface area contributed by atoms with E-state index in [9.17, 15) is 0 Å². The molecule has 1 aliphatic rings. The lowest BCUT2D eigenvalue weighted by molar-refractivity contribution is 0.607. The number of fused-ring (bicyclic) bond motifs is 6. The van der Waals surface area contributed by atoms with Crippen LogP contribution in [0.15, 0.2) is 95.0 Å². The molecule has 5 heteroatoms. The van der Waals surface area contributed by atoms with Crippen molar-refractivity contribution >= 4 is 54.8 Å². The highest BCUT2D eigenvalue weighted by Crippen LogP contribution is 2.51. The lowest BCUT2D eigenvalue weighted by atomic mass is 9.82. The van der Waals surface area contributed by atoms with E-state index < -0.39 is 0 Å². The molecule has 0 atom stereocenters. The second-order valence-corrected chi connectivity index (χ2v) is 12.5. The molecule has 0 N–H and O–H groups in total. The van der Waals surface area contributed by atoms with Gasteiger partial charge in [0.05, 0.1) is 17.3 Å². The summed E-state index contributed by atoms with van der Waals surface area (Å²) in [6.45, 7) is 16.1. The average molecular weight is 562 g/mol. The van der Waals surface area contributed by atoms with Gasteiger partial charge in [0.25, 0.3) is 5.70 Å². The van der Waals surface area contributed by atoms with Crippen LogP contribution in [0.3, 0.4) is 0 Å². The third-order valence-corrected chi connectivity index (χ3v) is 9.57. The predicted molar refractivity (Wildman–Crippen MR) is 174 cm³/mol. The summed E-state index contributed by atoms with van der Waals surface area (Å²) in [5.74, 6) is 0.522. The van der Waals surface area contributed by atoms with E-state index in [1.54, 1.807) is 11.3 Å². The fourth-order valence-corrected chi connectivity index (χ4v) is 7.24. The van der Waals surface area contributed by atoms with Gasteiger partial charge in [0.1, 0.15) is 5.76 Å². The SMILES string of the molecule is [C-]#[N+]/C(C#N)=C\c1cc2sc3cc(N(c4ccc(C)c(C)c4)c4ccc5c(c4)C(C)(C)c4ccccc4-5)ccc3c2o1. The van der Waals surface area contributed by atoms with Gasteiger partial charge in [0, 0.05) is 38.6 Å². The molecule has 6 aromatic rings. The standard InChI is InChI=1S/C37H27N3OS/c1-22-10-11-25(16-23(22)2)40(26-12-14-30-29-8-6-7-9-32(29)37(3,4)33(30)18-26)27-13-15-31-34(19-27)42-35-20-28(41-36(31)35)17-24(21-38)39-5/h6-20H,1-4H3/b24-17-. The maximum atomic E-state index is 9.14. The molecule has 0 saturated carbocycles. The molecule has 2 heterocycles. The lowest BCUT2D eigenvalue weighted by Crippen LogP contribution is -2.16. The van der Waals surface area contributed by atoms with Gasteiger partial charge in [-0.3, -0.25) is 0 Å². The summed E-state index contributed by atoms with van der Waals surface area (Å²) in [4.78, 5) is 5.59. The Kier molecular flexibility index (Phi) is 5.84. The number of nitrogens with zero attached hydrogens (tertiary/aromatic N) is 3. The summed E-state index contributed by atoms with van der Waals surface area (Å²) in [7, 11) is 0. The van der Waals surface area contributed by atoms with Crippen molar-refractivity contribution in [3.8, 4) is 17.2 Å². The first-order valence-corrected chi connectivity index (χ1v) is 14.7. The molecular formula is C37H27N3OS. The first-order chi connectivity index (χ1) is 20.3. The molecule has 0 bridgehead atoms. The molecule has 4 nitrogen and oxygen atoms in total. The van der Waals surface area contributed by atoms with E-state index >= 15 is 0 Å². The molecule has 1 aliphatic carbocycles. The number of allylic oxidation sites excluding steroid dienone is 1. The van der Waals surface area contributed by atoms with Gasteiger partial charge in [0.15, 0.2) is 5.58 Å². The van der Waals surface area contributed by atoms with Crippen molar-refractivity contribution in [1.29, 1.82) is 5.26 Å². The number of thiophene rings is 1. The molecule has 0 radical (unpaired) electrons. The van der Waals surface area contributed by atoms with E-state index in [1.807, 2.05) is 12.1 Å². The van der Waals surface area contributed by atoms with E-state index in [0.717, 1.165) is 37.4 Å². The fourth-order valence-electron chi connectivity index (χ4n) is 6.14. The monoisotopic (exact) mass is 561 g/mol. The Bertz CT molecular complexity index is 2170. The molecule has 0 fully saturated rings. The quantitative estimate of drug-likeness (QED) is 0.159. The van der Waals surface area contributed by atoms with Gasteiger partial charge in [-0.1, -0.05) is 50.2 Å². The van der Waals surface area contributed by atoms with Gasteiger partial charge in [-0.25, -0.2) is 10.1 Å². The third-order valence-electron chi connectivity index (χ3n) is 8.49. The summed E-state index contributed by atoms with van der Waals surface area (Å²) in [5.41, 5.74) is 11.8. The van der Waals surface area contributed by atoms with E-state index in [1.165, 1.54) is 39.5 Å². The Hall–Kier alpha value is -5.10. The lowest BCUT2D eigenvalue weighted by Gasteiger charge is -2.28. The smallest absolute Gasteiger partial charge is 0.265 e. The number of rotatable bonds is 4. The van der Waals surface area contributed by atoms with Gasteiger partial charge < -0.3 is 9.32 Å². The van der Waals surface area contributed by atoms with Crippen LogP contribution in [0.2, 0.25) is 0 Å². The van der Waals surface area contributed by atoms with E-state index in [0.29, 0.717) is 5.76 Å². The van der Waals surface area contributed by atoms with Gasteiger partial charge in [-0.05, 0) is 95.8 Å². The van der Waals surface area contributed by atoms with Crippen LogP contribution >= 0.6 is 11.3 Å². The van der Waals surface area contributed by atoms with Crippen molar-refractivity contribution in [2.24, 2.45) is 0 Å². The zero-order valence-electron chi connectivity index (χ0n) is 23.8. The van der Waals surface area contributed by atoms with Crippen molar-refractivity contribution in [3.05, 3.63) is 130 Å². The minimum absolute atomic E-state index is 0.00708. The maximum Gasteiger partial charge on any atom is 0.265 e. The fraction of sp³-hybridized carbons (Fsp3) is 0.135. The molecule has 0 aliphatic heterocycles. The van der Waals surface area contributed by atoms with Gasteiger partial charge >= 0.3 is 0 Å². The summed E-state index contributed by atoms with van der Waals surface area (Å²) >= 11 is 1.65. The Balaban J connectivity index is 1.38. The van der Waals surface area contributed by atoms with Gasteiger partial charge in [-0.15, -0.1) is 11.3 Å². The Morgan fingerprint density at radius 3 is 2.36 bits per heavy atom. The molecule has 7 rings (SSSR count). The van der Waals surface area contributed by atoms with Crippen molar-refractivity contribution in [2.75, 3.05) is 4.90 Å². The van der Waals surface area contributed by atoms with Crippen LogP contribution in [-0.4, -0.2) is 0 Å². The summed E-state index contributed by atoms with van der Waals surface area (Å²) in [6, 6.07) is 32.6. The summed E-state index contributed by atoms with van der Waals surface area (Å²) in [5, 5.41) is 10.2. The molecular weight excluding hydrogens is 534 g/mol. The van der Waals surface area contributed by atoms with Crippen LogP contribution in [0.1, 0.15) is 41.9 Å². The molecule has 0 unspecified atom stereocenters. The average Bonchev–Trinajstić information content (AvgIpc) is 3.61. The number of nitriles is 1. The van der Waals surface area contributed by atoms with Gasteiger partial charge in [0.2, 0.25) is 0 Å². The Morgan fingerprint density at radius 1 is 0.857 bits per heavy atom. The van der Waals surface area contributed by atoms with E-state index in [-0.39, 0.29) is 11.1 Å². The highest BCUT2D eigenvalue weighted by atomic mass is 32.1. The van der Waals surface area contributed by atoms with Crippen LogP contribution in [0.5, 0.6) is 0 Å². The normalized spacial score (nSPS) is 13.5. The maximum absolute atomic E-state index is 9.14. The summed E-state index contributed by atoms with van der Waals surface area (Å²) < 4.78 is 8.19.